The molecule has 0 saturated carbocycles. The zero-order chi connectivity index (χ0) is 25.4. The smallest absolute Gasteiger partial charge is 0.407 e. The minimum Gasteiger partial charge on any atom is -0.479 e. The molecule has 2 unspecified atom stereocenters. The number of hydrogen-bond donors (Lipinski definition) is 3. The summed E-state index contributed by atoms with van der Waals surface area (Å²) in [6.07, 6.45) is 0.972. The van der Waals surface area contributed by atoms with Crippen molar-refractivity contribution in [2.45, 2.75) is 44.6 Å². The van der Waals surface area contributed by atoms with Crippen LogP contribution in [0.3, 0.4) is 0 Å². The van der Waals surface area contributed by atoms with Crippen LogP contribution in [0.1, 0.15) is 50.2 Å². The molecule has 1 aliphatic rings. The van der Waals surface area contributed by atoms with Gasteiger partial charge in [-0.2, -0.15) is 0 Å². The number of carboxylic acid groups (broad SMARTS) is 1. The highest BCUT2D eigenvalue weighted by Gasteiger charge is 2.35. The number of carbonyl (C=O) groups is 3. The van der Waals surface area contributed by atoms with E-state index in [9.17, 15) is 19.5 Å². The average Bonchev–Trinajstić information content (AvgIpc) is 3.15. The average molecular weight is 483 g/mol. The van der Waals surface area contributed by atoms with Crippen LogP contribution in [0.2, 0.25) is 0 Å². The first-order valence-corrected chi connectivity index (χ1v) is 11.9. The van der Waals surface area contributed by atoms with E-state index in [2.05, 4.69) is 34.9 Å². The van der Waals surface area contributed by atoms with Gasteiger partial charge in [0.25, 0.3) is 0 Å². The number of rotatable bonds is 12. The molecule has 0 spiro atoms. The topological polar surface area (TPSA) is 114 Å². The maximum atomic E-state index is 12.3. The largest absolute Gasteiger partial charge is 0.479 e. The van der Waals surface area contributed by atoms with Gasteiger partial charge in [-0.15, -0.1) is 0 Å². The molecule has 0 aliphatic heterocycles. The van der Waals surface area contributed by atoms with Crippen LogP contribution >= 0.6 is 0 Å². The Bertz CT molecular complexity index is 1010. The molecule has 8 nitrogen and oxygen atoms in total. The number of fused-ring (bicyclic) bond motifs is 3. The number of alkyl carbamates (subject to hydrolysis) is 1. The number of benzene rings is 2. The van der Waals surface area contributed by atoms with E-state index in [4.69, 9.17) is 9.47 Å². The fourth-order valence-electron chi connectivity index (χ4n) is 4.40. The highest BCUT2D eigenvalue weighted by atomic mass is 16.5. The number of carbonyl (C=O) groups excluding carboxylic acids is 2. The molecule has 0 fully saturated rings. The van der Waals surface area contributed by atoms with Gasteiger partial charge in [-0.05, 0) is 47.9 Å². The Morgan fingerprint density at radius 3 is 2.20 bits per heavy atom. The van der Waals surface area contributed by atoms with Crippen LogP contribution in [0.15, 0.2) is 48.5 Å². The fraction of sp³-hybridized carbons (Fsp3) is 0.444. The summed E-state index contributed by atoms with van der Waals surface area (Å²) in [5, 5.41) is 14.6. The van der Waals surface area contributed by atoms with Crippen LogP contribution in [0.4, 0.5) is 4.79 Å². The summed E-state index contributed by atoms with van der Waals surface area (Å²) in [7, 11) is 1.39. The molecule has 35 heavy (non-hydrogen) atoms. The van der Waals surface area contributed by atoms with Gasteiger partial charge in [-0.3, -0.25) is 4.79 Å². The summed E-state index contributed by atoms with van der Waals surface area (Å²) in [6.45, 7) is 3.97. The van der Waals surface area contributed by atoms with E-state index in [0.717, 1.165) is 11.1 Å². The summed E-state index contributed by atoms with van der Waals surface area (Å²) in [5.74, 6) is -1.32. The van der Waals surface area contributed by atoms with Crippen molar-refractivity contribution >= 4 is 18.0 Å². The molecule has 1 aliphatic carbocycles. The zero-order valence-corrected chi connectivity index (χ0v) is 20.5. The van der Waals surface area contributed by atoms with Gasteiger partial charge < -0.3 is 25.2 Å². The Balaban J connectivity index is 1.39. The normalized spacial score (nSPS) is 14.8. The van der Waals surface area contributed by atoms with Crippen LogP contribution in [0.25, 0.3) is 11.1 Å². The SMILES string of the molecule is COCC(C)(NC(=O)CCC(C)CCNC(=O)OCC1c2ccccc2-c2ccccc21)C(=O)O. The van der Waals surface area contributed by atoms with Gasteiger partial charge in [0, 0.05) is 26.0 Å². The van der Waals surface area contributed by atoms with Crippen molar-refractivity contribution in [1.82, 2.24) is 10.6 Å². The summed E-state index contributed by atoms with van der Waals surface area (Å²) < 4.78 is 10.4. The molecule has 0 bridgehead atoms. The molecule has 3 N–H and O–H groups in total. The Labute approximate surface area is 206 Å². The number of amides is 2. The van der Waals surface area contributed by atoms with E-state index < -0.39 is 17.6 Å². The lowest BCUT2D eigenvalue weighted by molar-refractivity contribution is -0.149. The molecule has 0 saturated heterocycles. The first-order valence-electron chi connectivity index (χ1n) is 11.9. The molecule has 8 heteroatoms. The van der Waals surface area contributed by atoms with E-state index in [1.54, 1.807) is 0 Å². The summed E-state index contributed by atoms with van der Waals surface area (Å²) in [4.78, 5) is 35.9. The number of aliphatic carboxylic acids is 1. The molecular formula is C27H34N2O6. The van der Waals surface area contributed by atoms with Crippen LogP contribution in [0, 0.1) is 5.92 Å². The lowest BCUT2D eigenvalue weighted by Gasteiger charge is -2.25. The van der Waals surface area contributed by atoms with Crippen molar-refractivity contribution in [3.63, 3.8) is 0 Å². The van der Waals surface area contributed by atoms with E-state index in [-0.39, 0.29) is 37.4 Å². The predicted octanol–water partition coefficient (Wildman–Crippen LogP) is 3.94. The molecule has 3 rings (SSSR count). The highest BCUT2D eigenvalue weighted by molar-refractivity contribution is 5.86. The van der Waals surface area contributed by atoms with Crippen molar-refractivity contribution in [2.24, 2.45) is 5.92 Å². The monoisotopic (exact) mass is 482 g/mol. The number of carboxylic acids is 1. The lowest BCUT2D eigenvalue weighted by Crippen LogP contribution is -2.55. The standard InChI is InChI=1S/C27H34N2O6/c1-18(12-13-24(30)29-27(2,17-34-3)25(31)32)14-15-28-26(33)35-16-23-21-10-6-4-8-19(21)20-9-5-7-11-22(20)23/h4-11,18,23H,12-17H2,1-3H3,(H,28,33)(H,29,30)(H,31,32). The summed E-state index contributed by atoms with van der Waals surface area (Å²) in [6, 6.07) is 16.4. The third-order valence-electron chi connectivity index (χ3n) is 6.43. The maximum Gasteiger partial charge on any atom is 0.407 e. The number of hydrogen-bond acceptors (Lipinski definition) is 5. The van der Waals surface area contributed by atoms with Gasteiger partial charge in [0.2, 0.25) is 5.91 Å². The van der Waals surface area contributed by atoms with Crippen LogP contribution in [-0.2, 0) is 19.1 Å². The molecule has 2 amide bonds. The quantitative estimate of drug-likeness (QED) is 0.422. The van der Waals surface area contributed by atoms with Gasteiger partial charge in [0.05, 0.1) is 6.61 Å². The van der Waals surface area contributed by atoms with Gasteiger partial charge in [0.15, 0.2) is 5.54 Å². The molecular weight excluding hydrogens is 448 g/mol. The number of nitrogens with one attached hydrogen (secondary N) is 2. The van der Waals surface area contributed by atoms with Gasteiger partial charge in [0.1, 0.15) is 6.61 Å². The van der Waals surface area contributed by atoms with Gasteiger partial charge in [-0.25, -0.2) is 9.59 Å². The minimum atomic E-state index is -1.46. The number of methoxy groups -OCH3 is 1. The van der Waals surface area contributed by atoms with Crippen molar-refractivity contribution < 1.29 is 29.0 Å². The Morgan fingerprint density at radius 2 is 1.63 bits per heavy atom. The Hall–Kier alpha value is -3.39. The molecule has 2 aromatic rings. The van der Waals surface area contributed by atoms with E-state index in [0.29, 0.717) is 19.4 Å². The molecule has 0 aromatic heterocycles. The second kappa shape index (κ2) is 11.8. The Kier molecular flexibility index (Phi) is 8.87. The molecule has 0 radical (unpaired) electrons. The molecule has 0 heterocycles. The zero-order valence-electron chi connectivity index (χ0n) is 20.5. The van der Waals surface area contributed by atoms with E-state index >= 15 is 0 Å². The van der Waals surface area contributed by atoms with E-state index in [1.165, 1.54) is 25.2 Å². The summed E-state index contributed by atoms with van der Waals surface area (Å²) >= 11 is 0. The van der Waals surface area contributed by atoms with Crippen molar-refractivity contribution in [3.8, 4) is 11.1 Å². The first kappa shape index (κ1) is 26.2. The molecule has 188 valence electrons. The predicted molar refractivity (Wildman–Crippen MR) is 132 cm³/mol. The lowest BCUT2D eigenvalue weighted by atomic mass is 9.98. The van der Waals surface area contributed by atoms with E-state index in [1.807, 2.05) is 31.2 Å². The van der Waals surface area contributed by atoms with Gasteiger partial charge in [-0.1, -0.05) is 55.5 Å². The van der Waals surface area contributed by atoms with Gasteiger partial charge >= 0.3 is 12.1 Å². The van der Waals surface area contributed by atoms with Crippen molar-refractivity contribution in [1.29, 1.82) is 0 Å². The minimum absolute atomic E-state index is 0.0141. The number of ether oxygens (including phenoxy) is 2. The Morgan fingerprint density at radius 1 is 1.03 bits per heavy atom. The second-order valence-corrected chi connectivity index (χ2v) is 9.30. The second-order valence-electron chi connectivity index (χ2n) is 9.30. The highest BCUT2D eigenvalue weighted by Crippen LogP contribution is 2.44. The maximum absolute atomic E-state index is 12.3. The van der Waals surface area contributed by atoms with Crippen LogP contribution in [-0.4, -0.2) is 55.5 Å². The summed E-state index contributed by atoms with van der Waals surface area (Å²) in [5.41, 5.74) is 3.23. The molecule has 2 atom stereocenters. The fourth-order valence-corrected chi connectivity index (χ4v) is 4.40. The van der Waals surface area contributed by atoms with Crippen LogP contribution < -0.4 is 10.6 Å². The first-order chi connectivity index (χ1) is 16.7. The van der Waals surface area contributed by atoms with Crippen molar-refractivity contribution in [2.75, 3.05) is 26.9 Å². The van der Waals surface area contributed by atoms with Crippen LogP contribution in [0.5, 0.6) is 0 Å². The van der Waals surface area contributed by atoms with Crippen molar-refractivity contribution in [3.05, 3.63) is 59.7 Å². The molecule has 2 aromatic carbocycles. The third-order valence-corrected chi connectivity index (χ3v) is 6.43. The third kappa shape index (κ3) is 6.60.